The third kappa shape index (κ3) is 5.67. The third-order valence-electron chi connectivity index (χ3n) is 4.71. The van der Waals surface area contributed by atoms with E-state index >= 15 is 0 Å². The number of halogens is 6. The molecule has 1 amide bonds. The van der Waals surface area contributed by atoms with Crippen LogP contribution in [0.15, 0.2) is 24.3 Å². The molecule has 2 heterocycles. The molecule has 1 aliphatic heterocycles. The van der Waals surface area contributed by atoms with Crippen molar-refractivity contribution in [3.8, 4) is 0 Å². The molecule has 2 aromatic rings. The number of rotatable bonds is 4. The molecule has 0 bridgehead atoms. The summed E-state index contributed by atoms with van der Waals surface area (Å²) in [6, 6.07) is 2.76. The first-order valence-corrected chi connectivity index (χ1v) is 9.39. The van der Waals surface area contributed by atoms with Crippen LogP contribution in [0.25, 0.3) is 5.53 Å². The van der Waals surface area contributed by atoms with Crippen molar-refractivity contribution in [3.05, 3.63) is 57.9 Å². The molecule has 7 nitrogen and oxygen atoms in total. The molecule has 32 heavy (non-hydrogen) atoms. The van der Waals surface area contributed by atoms with E-state index in [9.17, 15) is 31.1 Å². The number of nitrogens with zero attached hydrogens (tertiary/aromatic N) is 5. The molecular formula is C19H17F6N5O2. The third-order valence-corrected chi connectivity index (χ3v) is 4.71. The summed E-state index contributed by atoms with van der Waals surface area (Å²) >= 11 is 0. The van der Waals surface area contributed by atoms with Crippen molar-refractivity contribution in [1.29, 1.82) is 0 Å². The number of carbonyl (C=O) groups is 1. The first-order chi connectivity index (χ1) is 15.0. The van der Waals surface area contributed by atoms with E-state index in [1.54, 1.807) is 10.7 Å². The van der Waals surface area contributed by atoms with Gasteiger partial charge >= 0.3 is 18.4 Å². The van der Waals surface area contributed by atoms with Gasteiger partial charge in [-0.05, 0) is 36.2 Å². The molecule has 0 fully saturated rings. The topological polar surface area (TPSA) is 83.8 Å². The summed E-state index contributed by atoms with van der Waals surface area (Å²) in [5, 5.41) is 4.32. The SMILES string of the molecule is [N-]=[N+]=CCc1cc2n(n1)CCCN(C(=O)OCc1cc(C(F)(F)F)cc(C(F)(F)F)c1)C2. The van der Waals surface area contributed by atoms with Crippen LogP contribution in [0.5, 0.6) is 0 Å². The summed E-state index contributed by atoms with van der Waals surface area (Å²) in [7, 11) is 0. The largest absolute Gasteiger partial charge is 0.445 e. The van der Waals surface area contributed by atoms with Crippen molar-refractivity contribution in [1.82, 2.24) is 14.7 Å². The molecule has 0 aliphatic carbocycles. The van der Waals surface area contributed by atoms with Crippen LogP contribution < -0.4 is 0 Å². The lowest BCUT2D eigenvalue weighted by Crippen LogP contribution is -2.31. The quantitative estimate of drug-likeness (QED) is 0.295. The highest BCUT2D eigenvalue weighted by Crippen LogP contribution is 2.36. The summed E-state index contributed by atoms with van der Waals surface area (Å²) in [5.41, 5.74) is 6.40. The average Bonchev–Trinajstić information content (AvgIpc) is 2.98. The fraction of sp³-hybridized carbons (Fsp3) is 0.421. The van der Waals surface area contributed by atoms with Crippen molar-refractivity contribution in [2.75, 3.05) is 6.54 Å². The Kier molecular flexibility index (Phi) is 6.58. The first kappa shape index (κ1) is 23.3. The zero-order chi connectivity index (χ0) is 23.5. The average molecular weight is 461 g/mol. The molecule has 0 atom stereocenters. The van der Waals surface area contributed by atoms with Crippen molar-refractivity contribution < 1.29 is 40.7 Å². The predicted octanol–water partition coefficient (Wildman–Crippen LogP) is 4.31. The zero-order valence-electron chi connectivity index (χ0n) is 16.4. The van der Waals surface area contributed by atoms with Crippen molar-refractivity contribution >= 4 is 12.3 Å². The number of hydrogen-bond acceptors (Lipinski definition) is 3. The summed E-state index contributed by atoms with van der Waals surface area (Å²) in [6.07, 6.45) is -8.80. The van der Waals surface area contributed by atoms with Gasteiger partial charge in [0.15, 0.2) is 0 Å². The van der Waals surface area contributed by atoms with Gasteiger partial charge in [-0.15, -0.1) is 0 Å². The Labute approximate surface area is 177 Å². The van der Waals surface area contributed by atoms with E-state index in [1.165, 1.54) is 11.1 Å². The summed E-state index contributed by atoms with van der Waals surface area (Å²) in [6.45, 7) is 0.113. The Bertz CT molecular complexity index is 1010. The molecule has 0 saturated carbocycles. The van der Waals surface area contributed by atoms with Gasteiger partial charge < -0.3 is 15.2 Å². The molecule has 1 aromatic heterocycles. The summed E-state index contributed by atoms with van der Waals surface area (Å²) < 4.78 is 84.6. The number of hydrogen-bond donors (Lipinski definition) is 0. The molecule has 13 heteroatoms. The standard InChI is InChI=1S/C19H17F6N5O2/c20-18(21,22)13-6-12(7-14(8-13)19(23,24)25)11-32-17(31)29-4-1-5-30-16(10-29)9-15(28-30)2-3-27-26/h3,6-9H,1-2,4-5,10-11H2. The molecule has 0 radical (unpaired) electrons. The minimum Gasteiger partial charge on any atom is -0.445 e. The lowest BCUT2D eigenvalue weighted by molar-refractivity contribution is -0.143. The summed E-state index contributed by atoms with van der Waals surface area (Å²) in [5.74, 6) is 0. The zero-order valence-corrected chi connectivity index (χ0v) is 16.4. The molecule has 0 N–H and O–H groups in total. The second-order valence-electron chi connectivity index (χ2n) is 7.10. The van der Waals surface area contributed by atoms with Gasteiger partial charge in [0.1, 0.15) is 6.61 Å². The van der Waals surface area contributed by atoms with Crippen molar-refractivity contribution in [2.45, 2.75) is 44.9 Å². The predicted molar refractivity (Wildman–Crippen MR) is 97.3 cm³/mol. The number of aryl methyl sites for hydroxylation is 1. The van der Waals surface area contributed by atoms with Gasteiger partial charge in [0.05, 0.1) is 35.5 Å². The van der Waals surface area contributed by atoms with Crippen LogP contribution in [0, 0.1) is 0 Å². The second-order valence-corrected chi connectivity index (χ2v) is 7.10. The maximum Gasteiger partial charge on any atom is 0.416 e. The van der Waals surface area contributed by atoms with E-state index in [0.29, 0.717) is 36.5 Å². The molecule has 0 saturated heterocycles. The molecule has 0 unspecified atom stereocenters. The fourth-order valence-electron chi connectivity index (χ4n) is 3.25. The number of amides is 1. The van der Waals surface area contributed by atoms with Gasteiger partial charge in [0, 0.05) is 13.1 Å². The highest BCUT2D eigenvalue weighted by molar-refractivity contribution is 5.67. The normalized spacial score (nSPS) is 14.4. The Morgan fingerprint density at radius 1 is 1.09 bits per heavy atom. The fourth-order valence-corrected chi connectivity index (χ4v) is 3.25. The minimum absolute atomic E-state index is 0.0142. The highest BCUT2D eigenvalue weighted by Gasteiger charge is 2.37. The van der Waals surface area contributed by atoms with Gasteiger partial charge in [0.25, 0.3) is 6.21 Å². The van der Waals surface area contributed by atoms with E-state index in [1.807, 2.05) is 0 Å². The van der Waals surface area contributed by atoms with Gasteiger partial charge in [-0.2, -0.15) is 36.2 Å². The summed E-state index contributed by atoms with van der Waals surface area (Å²) in [4.78, 5) is 16.6. The molecule has 0 spiro atoms. The van der Waals surface area contributed by atoms with Gasteiger partial charge in [0.2, 0.25) is 0 Å². The molecular weight excluding hydrogens is 444 g/mol. The maximum absolute atomic E-state index is 13.0. The van der Waals surface area contributed by atoms with Crippen LogP contribution in [-0.2, 0) is 43.2 Å². The van der Waals surface area contributed by atoms with Crippen LogP contribution in [0.2, 0.25) is 0 Å². The van der Waals surface area contributed by atoms with Crippen LogP contribution in [0.3, 0.4) is 0 Å². The van der Waals surface area contributed by atoms with E-state index in [2.05, 4.69) is 9.89 Å². The van der Waals surface area contributed by atoms with Crippen LogP contribution in [0.4, 0.5) is 31.1 Å². The number of carbonyl (C=O) groups excluding carboxylic acids is 1. The lowest BCUT2D eigenvalue weighted by atomic mass is 10.1. The Morgan fingerprint density at radius 2 is 1.75 bits per heavy atom. The minimum atomic E-state index is -4.98. The number of alkyl halides is 6. The van der Waals surface area contributed by atoms with E-state index in [-0.39, 0.29) is 25.6 Å². The smallest absolute Gasteiger partial charge is 0.416 e. The van der Waals surface area contributed by atoms with Crippen LogP contribution in [0.1, 0.15) is 34.5 Å². The molecule has 1 aromatic carbocycles. The van der Waals surface area contributed by atoms with Crippen molar-refractivity contribution in [3.63, 3.8) is 0 Å². The van der Waals surface area contributed by atoms with E-state index in [4.69, 9.17) is 10.3 Å². The Morgan fingerprint density at radius 3 is 2.34 bits per heavy atom. The second kappa shape index (κ2) is 9.03. The van der Waals surface area contributed by atoms with Gasteiger partial charge in [-0.25, -0.2) is 4.79 Å². The number of benzene rings is 1. The Balaban J connectivity index is 1.72. The molecule has 3 rings (SSSR count). The monoisotopic (exact) mass is 461 g/mol. The number of ether oxygens (including phenoxy) is 1. The first-order valence-electron chi connectivity index (χ1n) is 9.39. The van der Waals surface area contributed by atoms with Gasteiger partial charge in [-0.3, -0.25) is 4.68 Å². The lowest BCUT2D eigenvalue weighted by Gasteiger charge is -2.20. The van der Waals surface area contributed by atoms with E-state index < -0.39 is 41.7 Å². The molecule has 172 valence electrons. The maximum atomic E-state index is 13.0. The molecule has 1 aliphatic rings. The van der Waals surface area contributed by atoms with Crippen molar-refractivity contribution in [2.24, 2.45) is 0 Å². The van der Waals surface area contributed by atoms with E-state index in [0.717, 1.165) is 0 Å². The Hall–Kier alpha value is -3.34. The van der Waals surface area contributed by atoms with Crippen LogP contribution in [-0.4, -0.2) is 38.3 Å². The number of fused-ring (bicyclic) bond motifs is 1. The van der Waals surface area contributed by atoms with Gasteiger partial charge in [-0.1, -0.05) is 0 Å². The number of aromatic nitrogens is 2. The van der Waals surface area contributed by atoms with Crippen LogP contribution >= 0.6 is 0 Å². The highest BCUT2D eigenvalue weighted by atomic mass is 19.4.